The number of ketones is 1. The highest BCUT2D eigenvalue weighted by Crippen LogP contribution is 2.27. The van der Waals surface area contributed by atoms with E-state index < -0.39 is 0 Å². The van der Waals surface area contributed by atoms with Crippen LogP contribution in [0, 0.1) is 26.6 Å². The zero-order valence-corrected chi connectivity index (χ0v) is 19.3. The van der Waals surface area contributed by atoms with E-state index in [1.807, 2.05) is 55.6 Å². The van der Waals surface area contributed by atoms with Crippen molar-refractivity contribution in [3.63, 3.8) is 0 Å². The Morgan fingerprint density at radius 1 is 1.00 bits per heavy atom. The Kier molecular flexibility index (Phi) is 5.24. The minimum absolute atomic E-state index is 0.131. The van der Waals surface area contributed by atoms with Crippen LogP contribution in [0.25, 0.3) is 28.4 Å². The molecule has 0 fully saturated rings. The lowest BCUT2D eigenvalue weighted by Crippen LogP contribution is -2.02. The van der Waals surface area contributed by atoms with Gasteiger partial charge in [-0.2, -0.15) is 10.2 Å². The molecule has 0 saturated heterocycles. The number of halogens is 1. The number of fused-ring (bicyclic) bond motifs is 3. The van der Waals surface area contributed by atoms with Gasteiger partial charge in [0.2, 0.25) is 0 Å². The van der Waals surface area contributed by atoms with Gasteiger partial charge in [-0.05, 0) is 69.3 Å². The fourth-order valence-electron chi connectivity index (χ4n) is 4.49. The van der Waals surface area contributed by atoms with Gasteiger partial charge >= 0.3 is 0 Å². The van der Waals surface area contributed by atoms with Crippen LogP contribution < -0.4 is 0 Å². The fourth-order valence-corrected chi connectivity index (χ4v) is 4.49. The SMILES string of the molecule is C=CCn1c2ccccc2n2nc(C)c(C(=O)/C=C/c3c(C)nn(-c4ccc(F)cc4)c3C)c12. The number of aryl methyl sites for hydroxylation is 2. The van der Waals surface area contributed by atoms with Crippen LogP contribution in [-0.2, 0) is 6.54 Å². The molecule has 0 bridgehead atoms. The predicted octanol–water partition coefficient (Wildman–Crippen LogP) is 5.62. The molecule has 3 heterocycles. The van der Waals surface area contributed by atoms with Crippen LogP contribution in [-0.4, -0.2) is 29.7 Å². The third-order valence-corrected chi connectivity index (χ3v) is 6.07. The molecular weight excluding hydrogens is 429 g/mol. The number of aromatic nitrogens is 5. The average molecular weight is 454 g/mol. The molecule has 0 aliphatic carbocycles. The van der Waals surface area contributed by atoms with Crippen LogP contribution in [0.5, 0.6) is 0 Å². The number of rotatable bonds is 6. The van der Waals surface area contributed by atoms with Gasteiger partial charge in [0, 0.05) is 17.8 Å². The van der Waals surface area contributed by atoms with Gasteiger partial charge in [-0.3, -0.25) is 4.79 Å². The van der Waals surface area contributed by atoms with E-state index in [1.54, 1.807) is 29.0 Å². The quantitative estimate of drug-likeness (QED) is 0.190. The molecule has 5 aromatic rings. The van der Waals surface area contributed by atoms with E-state index in [1.165, 1.54) is 12.1 Å². The zero-order valence-electron chi connectivity index (χ0n) is 19.3. The smallest absolute Gasteiger partial charge is 0.191 e. The number of carbonyl (C=O) groups is 1. The van der Waals surface area contributed by atoms with Crippen LogP contribution in [0.4, 0.5) is 4.39 Å². The summed E-state index contributed by atoms with van der Waals surface area (Å²) in [5.41, 5.74) is 7.19. The van der Waals surface area contributed by atoms with Crippen LogP contribution in [0.2, 0.25) is 0 Å². The number of allylic oxidation sites excluding steroid dienone is 2. The average Bonchev–Trinajstić information content (AvgIpc) is 3.42. The summed E-state index contributed by atoms with van der Waals surface area (Å²) in [5.74, 6) is -0.429. The Labute approximate surface area is 196 Å². The van der Waals surface area contributed by atoms with Crippen molar-refractivity contribution >= 4 is 28.5 Å². The van der Waals surface area contributed by atoms with E-state index >= 15 is 0 Å². The molecule has 0 N–H and O–H groups in total. The van der Waals surface area contributed by atoms with Crippen molar-refractivity contribution in [2.45, 2.75) is 27.3 Å². The van der Waals surface area contributed by atoms with Crippen LogP contribution in [0.15, 0.2) is 67.3 Å². The monoisotopic (exact) mass is 453 g/mol. The summed E-state index contributed by atoms with van der Waals surface area (Å²) < 4.78 is 19.0. The molecule has 7 heteroatoms. The van der Waals surface area contributed by atoms with E-state index in [0.29, 0.717) is 17.8 Å². The van der Waals surface area contributed by atoms with Crippen molar-refractivity contribution in [3.8, 4) is 5.69 Å². The number of imidazole rings is 1. The number of hydrogen-bond donors (Lipinski definition) is 0. The number of benzene rings is 2. The van der Waals surface area contributed by atoms with Crippen molar-refractivity contribution in [3.05, 3.63) is 101 Å². The van der Waals surface area contributed by atoms with E-state index in [2.05, 4.69) is 21.3 Å². The molecule has 170 valence electrons. The molecule has 6 nitrogen and oxygen atoms in total. The van der Waals surface area contributed by atoms with Gasteiger partial charge in [0.25, 0.3) is 0 Å². The maximum Gasteiger partial charge on any atom is 0.191 e. The lowest BCUT2D eigenvalue weighted by molar-refractivity contribution is 0.104. The largest absolute Gasteiger partial charge is 0.320 e. The highest BCUT2D eigenvalue weighted by molar-refractivity contribution is 6.12. The van der Waals surface area contributed by atoms with Gasteiger partial charge < -0.3 is 4.57 Å². The Morgan fingerprint density at radius 2 is 1.71 bits per heavy atom. The van der Waals surface area contributed by atoms with Crippen LogP contribution in [0.3, 0.4) is 0 Å². The zero-order chi connectivity index (χ0) is 24.0. The summed E-state index contributed by atoms with van der Waals surface area (Å²) in [7, 11) is 0. The minimum atomic E-state index is -0.298. The first-order valence-electron chi connectivity index (χ1n) is 11.0. The molecule has 3 aromatic heterocycles. The van der Waals surface area contributed by atoms with Gasteiger partial charge in [0.1, 0.15) is 11.5 Å². The second kappa shape index (κ2) is 8.26. The standard InChI is InChI=1S/C27H24FN5O/c1-5-16-31-23-8-6-7-9-24(23)33-27(31)26(18(3)30-33)25(34)15-14-22-17(2)29-32(19(22)4)21-12-10-20(28)11-13-21/h5-15H,1,16H2,2-4H3/b15-14+. The summed E-state index contributed by atoms with van der Waals surface area (Å²) in [4.78, 5) is 13.4. The van der Waals surface area contributed by atoms with Crippen molar-refractivity contribution < 1.29 is 9.18 Å². The predicted molar refractivity (Wildman–Crippen MR) is 132 cm³/mol. The fraction of sp³-hybridized carbons (Fsp3) is 0.148. The van der Waals surface area contributed by atoms with Gasteiger partial charge in [0.15, 0.2) is 5.78 Å². The Morgan fingerprint density at radius 3 is 2.41 bits per heavy atom. The number of nitrogens with zero attached hydrogens (tertiary/aromatic N) is 5. The summed E-state index contributed by atoms with van der Waals surface area (Å²) in [6, 6.07) is 14.1. The second-order valence-corrected chi connectivity index (χ2v) is 8.25. The summed E-state index contributed by atoms with van der Waals surface area (Å²) in [6.07, 6.45) is 5.19. The highest BCUT2D eigenvalue weighted by atomic mass is 19.1. The van der Waals surface area contributed by atoms with Crippen molar-refractivity contribution in [2.24, 2.45) is 0 Å². The molecule has 0 spiro atoms. The highest BCUT2D eigenvalue weighted by Gasteiger charge is 2.22. The molecule has 0 amide bonds. The molecule has 5 rings (SSSR count). The van der Waals surface area contributed by atoms with Crippen molar-refractivity contribution in [1.82, 2.24) is 24.0 Å². The number of carbonyl (C=O) groups excluding carboxylic acids is 1. The lowest BCUT2D eigenvalue weighted by Gasteiger charge is -2.04. The van der Waals surface area contributed by atoms with Crippen molar-refractivity contribution in [1.29, 1.82) is 0 Å². The normalized spacial score (nSPS) is 11.8. The maximum atomic E-state index is 13.4. The Bertz CT molecular complexity index is 1600. The Balaban J connectivity index is 1.57. The van der Waals surface area contributed by atoms with Gasteiger partial charge in [-0.1, -0.05) is 18.2 Å². The molecule has 0 aliphatic heterocycles. The van der Waals surface area contributed by atoms with E-state index in [0.717, 1.165) is 39.3 Å². The van der Waals surface area contributed by atoms with Gasteiger partial charge in [0.05, 0.1) is 33.7 Å². The Hall–Kier alpha value is -4.26. The molecule has 0 unspecified atom stereocenters. The minimum Gasteiger partial charge on any atom is -0.320 e. The first-order valence-corrected chi connectivity index (χ1v) is 11.0. The molecule has 2 aromatic carbocycles. The summed E-state index contributed by atoms with van der Waals surface area (Å²) in [5, 5.41) is 9.25. The summed E-state index contributed by atoms with van der Waals surface area (Å²) in [6.45, 7) is 10.1. The number of para-hydroxylation sites is 2. The van der Waals surface area contributed by atoms with Crippen LogP contribution >= 0.6 is 0 Å². The molecule has 0 atom stereocenters. The van der Waals surface area contributed by atoms with Gasteiger partial charge in [-0.15, -0.1) is 6.58 Å². The van der Waals surface area contributed by atoms with E-state index in [-0.39, 0.29) is 11.6 Å². The van der Waals surface area contributed by atoms with E-state index in [9.17, 15) is 9.18 Å². The first-order chi connectivity index (χ1) is 16.4. The second-order valence-electron chi connectivity index (χ2n) is 8.25. The number of hydrogen-bond acceptors (Lipinski definition) is 3. The summed E-state index contributed by atoms with van der Waals surface area (Å²) >= 11 is 0. The molecule has 0 saturated carbocycles. The molecule has 0 radical (unpaired) electrons. The van der Waals surface area contributed by atoms with E-state index in [4.69, 9.17) is 0 Å². The first kappa shape index (κ1) is 21.6. The van der Waals surface area contributed by atoms with Crippen molar-refractivity contribution in [2.75, 3.05) is 0 Å². The third kappa shape index (κ3) is 3.37. The van der Waals surface area contributed by atoms with Gasteiger partial charge in [-0.25, -0.2) is 13.6 Å². The molecular formula is C27H24FN5O. The van der Waals surface area contributed by atoms with Crippen LogP contribution in [0.1, 0.15) is 33.0 Å². The lowest BCUT2D eigenvalue weighted by atomic mass is 10.1. The third-order valence-electron chi connectivity index (χ3n) is 6.07. The topological polar surface area (TPSA) is 57.1 Å². The maximum absolute atomic E-state index is 13.4. The molecule has 0 aliphatic rings. The molecule has 34 heavy (non-hydrogen) atoms.